The van der Waals surface area contributed by atoms with Crippen LogP contribution in [-0.2, 0) is 12.8 Å². The zero-order valence-electron chi connectivity index (χ0n) is 12.9. The van der Waals surface area contributed by atoms with E-state index in [1.165, 1.54) is 0 Å². The van der Waals surface area contributed by atoms with Gasteiger partial charge in [0.1, 0.15) is 0 Å². The van der Waals surface area contributed by atoms with Crippen LogP contribution in [0, 0.1) is 0 Å². The van der Waals surface area contributed by atoms with Crippen molar-refractivity contribution >= 4 is 23.2 Å². The van der Waals surface area contributed by atoms with Gasteiger partial charge < -0.3 is 9.80 Å². The third kappa shape index (κ3) is 2.70. The van der Waals surface area contributed by atoms with Crippen LogP contribution in [0.15, 0.2) is 24.3 Å². The van der Waals surface area contributed by atoms with Gasteiger partial charge in [-0.2, -0.15) is 5.10 Å². The van der Waals surface area contributed by atoms with Crippen molar-refractivity contribution in [3.05, 3.63) is 46.2 Å². The first-order chi connectivity index (χ1) is 11.2. The molecule has 1 saturated heterocycles. The van der Waals surface area contributed by atoms with Gasteiger partial charge >= 0.3 is 0 Å². The summed E-state index contributed by atoms with van der Waals surface area (Å²) in [6.45, 7) is 3.12. The number of H-pyrrole nitrogens is 1. The van der Waals surface area contributed by atoms with E-state index in [9.17, 15) is 4.79 Å². The molecule has 0 atom stereocenters. The Hall–Kier alpha value is -2.01. The van der Waals surface area contributed by atoms with Gasteiger partial charge in [0.15, 0.2) is 5.69 Å². The molecule has 1 fully saturated rings. The van der Waals surface area contributed by atoms with E-state index in [-0.39, 0.29) is 5.91 Å². The number of rotatable bonds is 2. The van der Waals surface area contributed by atoms with Crippen LogP contribution in [0.25, 0.3) is 0 Å². The summed E-state index contributed by atoms with van der Waals surface area (Å²) in [5.41, 5.74) is 4.07. The summed E-state index contributed by atoms with van der Waals surface area (Å²) in [7, 11) is 0. The Balaban J connectivity index is 1.43. The second-order valence-electron chi connectivity index (χ2n) is 6.14. The Morgan fingerprint density at radius 2 is 1.83 bits per heavy atom. The second-order valence-corrected chi connectivity index (χ2v) is 6.57. The average molecular weight is 331 g/mol. The Kier molecular flexibility index (Phi) is 3.73. The largest absolute Gasteiger partial charge is 0.368 e. The topological polar surface area (TPSA) is 52.2 Å². The van der Waals surface area contributed by atoms with Crippen molar-refractivity contribution in [1.29, 1.82) is 0 Å². The van der Waals surface area contributed by atoms with E-state index in [2.05, 4.69) is 15.1 Å². The van der Waals surface area contributed by atoms with Gasteiger partial charge in [0.25, 0.3) is 5.91 Å². The molecule has 1 N–H and O–H groups in total. The molecule has 1 aromatic carbocycles. The zero-order valence-corrected chi connectivity index (χ0v) is 13.6. The maximum absolute atomic E-state index is 12.7. The maximum atomic E-state index is 12.7. The van der Waals surface area contributed by atoms with Gasteiger partial charge in [0.05, 0.1) is 0 Å². The number of carbonyl (C=O) groups excluding carboxylic acids is 1. The maximum Gasteiger partial charge on any atom is 0.274 e. The molecule has 0 spiro atoms. The van der Waals surface area contributed by atoms with Crippen LogP contribution in [0.3, 0.4) is 0 Å². The van der Waals surface area contributed by atoms with Crippen LogP contribution in [0.4, 0.5) is 5.69 Å². The molecule has 0 bridgehead atoms. The summed E-state index contributed by atoms with van der Waals surface area (Å²) in [6.07, 6.45) is 3.10. The molecule has 6 heteroatoms. The number of aromatic amines is 1. The number of benzene rings is 1. The molecule has 1 aromatic heterocycles. The molecule has 0 unspecified atom stereocenters. The third-order valence-corrected chi connectivity index (χ3v) is 5.02. The molecule has 1 aliphatic carbocycles. The molecule has 1 amide bonds. The summed E-state index contributed by atoms with van der Waals surface area (Å²) in [4.78, 5) is 16.9. The summed E-state index contributed by atoms with van der Waals surface area (Å²) in [5, 5.41) is 8.03. The summed E-state index contributed by atoms with van der Waals surface area (Å²) in [6, 6.07) is 7.86. The molecule has 0 saturated carbocycles. The van der Waals surface area contributed by atoms with Crippen LogP contribution in [0.2, 0.25) is 5.02 Å². The van der Waals surface area contributed by atoms with Crippen LogP contribution in [-0.4, -0.2) is 47.2 Å². The highest BCUT2D eigenvalue weighted by atomic mass is 35.5. The van der Waals surface area contributed by atoms with Gasteiger partial charge in [-0.05, 0) is 43.5 Å². The Morgan fingerprint density at radius 1 is 1.09 bits per heavy atom. The van der Waals surface area contributed by atoms with Crippen molar-refractivity contribution < 1.29 is 4.79 Å². The average Bonchev–Trinajstić information content (AvgIpc) is 3.18. The summed E-state index contributed by atoms with van der Waals surface area (Å²) < 4.78 is 0. The quantitative estimate of drug-likeness (QED) is 0.920. The SMILES string of the molecule is O=C(c1n[nH]c2c1CCC2)N1CCN(c2ccc(Cl)cc2)CC1. The first kappa shape index (κ1) is 14.6. The third-order valence-electron chi connectivity index (χ3n) is 4.77. The predicted molar refractivity (Wildman–Crippen MR) is 90.2 cm³/mol. The van der Waals surface area contributed by atoms with Crippen molar-refractivity contribution in [3.63, 3.8) is 0 Å². The Morgan fingerprint density at radius 3 is 2.57 bits per heavy atom. The minimum Gasteiger partial charge on any atom is -0.368 e. The highest BCUT2D eigenvalue weighted by Crippen LogP contribution is 2.25. The number of fused-ring (bicyclic) bond motifs is 1. The van der Waals surface area contributed by atoms with Gasteiger partial charge in [0, 0.05) is 48.1 Å². The fourth-order valence-corrected chi connectivity index (χ4v) is 3.59. The first-order valence-corrected chi connectivity index (χ1v) is 8.46. The molecule has 5 nitrogen and oxygen atoms in total. The highest BCUT2D eigenvalue weighted by molar-refractivity contribution is 6.30. The number of aryl methyl sites for hydroxylation is 1. The number of nitrogens with one attached hydrogen (secondary N) is 1. The lowest BCUT2D eigenvalue weighted by Crippen LogP contribution is -2.49. The van der Waals surface area contributed by atoms with Crippen LogP contribution >= 0.6 is 11.6 Å². The number of hydrogen-bond donors (Lipinski definition) is 1. The van der Waals surface area contributed by atoms with E-state index in [1.54, 1.807) is 0 Å². The molecule has 2 aliphatic rings. The van der Waals surface area contributed by atoms with Gasteiger partial charge in [-0.15, -0.1) is 0 Å². The number of anilines is 1. The van der Waals surface area contributed by atoms with Gasteiger partial charge in [-0.25, -0.2) is 0 Å². The van der Waals surface area contributed by atoms with Crippen LogP contribution in [0.5, 0.6) is 0 Å². The minimum atomic E-state index is 0.0696. The summed E-state index contributed by atoms with van der Waals surface area (Å²) in [5.74, 6) is 0.0696. The molecule has 1 aliphatic heterocycles. The van der Waals surface area contributed by atoms with E-state index >= 15 is 0 Å². The number of halogens is 1. The summed E-state index contributed by atoms with van der Waals surface area (Å²) >= 11 is 5.94. The lowest BCUT2D eigenvalue weighted by atomic mass is 10.1. The number of carbonyl (C=O) groups is 1. The zero-order chi connectivity index (χ0) is 15.8. The number of amides is 1. The highest BCUT2D eigenvalue weighted by Gasteiger charge is 2.28. The molecule has 23 heavy (non-hydrogen) atoms. The molecule has 4 rings (SSSR count). The van der Waals surface area contributed by atoms with E-state index in [4.69, 9.17) is 11.6 Å². The number of hydrogen-bond acceptors (Lipinski definition) is 3. The lowest BCUT2D eigenvalue weighted by Gasteiger charge is -2.36. The van der Waals surface area contributed by atoms with E-state index in [1.807, 2.05) is 29.2 Å². The van der Waals surface area contributed by atoms with Gasteiger partial charge in [0.2, 0.25) is 0 Å². The Bertz CT molecular complexity index is 717. The fourth-order valence-electron chi connectivity index (χ4n) is 3.47. The van der Waals surface area contributed by atoms with Crippen molar-refractivity contribution in [2.24, 2.45) is 0 Å². The van der Waals surface area contributed by atoms with Crippen molar-refractivity contribution in [2.75, 3.05) is 31.1 Å². The molecular weight excluding hydrogens is 312 g/mol. The monoisotopic (exact) mass is 330 g/mol. The van der Waals surface area contributed by atoms with E-state index in [0.29, 0.717) is 5.69 Å². The molecular formula is C17H19ClN4O. The standard InChI is InChI=1S/C17H19ClN4O/c18-12-4-6-13(7-5-12)21-8-10-22(11-9-21)17(23)16-14-2-1-3-15(14)19-20-16/h4-7H,1-3,8-11H2,(H,19,20). The smallest absolute Gasteiger partial charge is 0.274 e. The van der Waals surface area contributed by atoms with Crippen molar-refractivity contribution in [3.8, 4) is 0 Å². The second kappa shape index (κ2) is 5.89. The van der Waals surface area contributed by atoms with Crippen LogP contribution < -0.4 is 4.90 Å². The fraction of sp³-hybridized carbons (Fsp3) is 0.412. The number of aromatic nitrogens is 2. The molecule has 2 heterocycles. The molecule has 0 radical (unpaired) electrons. The first-order valence-electron chi connectivity index (χ1n) is 8.08. The lowest BCUT2D eigenvalue weighted by molar-refractivity contribution is 0.0740. The normalized spacial score (nSPS) is 17.4. The minimum absolute atomic E-state index is 0.0696. The molecule has 120 valence electrons. The van der Waals surface area contributed by atoms with Crippen LogP contribution in [0.1, 0.15) is 28.2 Å². The van der Waals surface area contributed by atoms with E-state index < -0.39 is 0 Å². The predicted octanol–water partition coefficient (Wildman–Crippen LogP) is 2.51. The van der Waals surface area contributed by atoms with Crippen molar-refractivity contribution in [1.82, 2.24) is 15.1 Å². The number of nitrogens with zero attached hydrogens (tertiary/aromatic N) is 3. The number of piperazine rings is 1. The Labute approximate surface area is 140 Å². The van der Waals surface area contributed by atoms with Crippen molar-refractivity contribution in [2.45, 2.75) is 19.3 Å². The van der Waals surface area contributed by atoms with Gasteiger partial charge in [-0.1, -0.05) is 11.6 Å². The van der Waals surface area contributed by atoms with Gasteiger partial charge in [-0.3, -0.25) is 9.89 Å². The molecule has 2 aromatic rings. The van der Waals surface area contributed by atoms with E-state index in [0.717, 1.165) is 67.4 Å².